The molecule has 0 aromatic heterocycles. The molecule has 0 fully saturated rings. The summed E-state index contributed by atoms with van der Waals surface area (Å²) in [6.45, 7) is 2.15. The molecule has 0 radical (unpaired) electrons. The molecule has 110 valence electrons. The minimum Gasteiger partial charge on any atom is -0.364 e. The first-order valence-electron chi connectivity index (χ1n) is 7.28. The first-order valence-corrected chi connectivity index (χ1v) is 8.67. The summed E-state index contributed by atoms with van der Waals surface area (Å²) in [6.07, 6.45) is 2.26. The van der Waals surface area contributed by atoms with Crippen molar-refractivity contribution in [1.29, 1.82) is 0 Å². The monoisotopic (exact) mass is 315 g/mol. The van der Waals surface area contributed by atoms with E-state index in [0.29, 0.717) is 0 Å². The highest BCUT2D eigenvalue weighted by molar-refractivity contribution is 8.22. The Hall–Kier alpha value is -1.32. The maximum Gasteiger partial charge on any atom is 0.134 e. The Balaban J connectivity index is 1.66. The Labute approximate surface area is 137 Å². The number of aryl methyl sites for hydroxylation is 1. The first kappa shape index (κ1) is 16.1. The number of nitrogens with one attached hydrogen (secondary N) is 1. The molecule has 0 aliphatic carbocycles. The highest BCUT2D eigenvalue weighted by atomic mass is 32.2. The summed E-state index contributed by atoms with van der Waals surface area (Å²) >= 11 is 7.15. The van der Waals surface area contributed by atoms with Crippen molar-refractivity contribution < 1.29 is 0 Å². The zero-order valence-electron chi connectivity index (χ0n) is 12.3. The van der Waals surface area contributed by atoms with E-state index in [1.165, 1.54) is 11.1 Å². The molecule has 0 aliphatic heterocycles. The quantitative estimate of drug-likeness (QED) is 0.596. The van der Waals surface area contributed by atoms with Crippen molar-refractivity contribution in [3.8, 4) is 0 Å². The van der Waals surface area contributed by atoms with Crippen molar-refractivity contribution >= 4 is 28.3 Å². The molecule has 0 saturated heterocycles. The van der Waals surface area contributed by atoms with Crippen LogP contribution in [0.2, 0.25) is 0 Å². The van der Waals surface area contributed by atoms with Crippen LogP contribution in [0.5, 0.6) is 0 Å². The van der Waals surface area contributed by atoms with Crippen LogP contribution in [-0.4, -0.2) is 10.1 Å². The Morgan fingerprint density at radius 3 is 2.33 bits per heavy atom. The molecule has 0 heterocycles. The smallest absolute Gasteiger partial charge is 0.134 e. The average Bonchev–Trinajstić information content (AvgIpc) is 2.53. The Bertz CT molecular complexity index is 540. The number of hydrogen-bond donors (Lipinski definition) is 1. The molecule has 3 heteroatoms. The van der Waals surface area contributed by atoms with Crippen molar-refractivity contribution in [3.63, 3.8) is 0 Å². The molecule has 0 spiro atoms. The molecule has 1 nitrogen and oxygen atoms in total. The van der Waals surface area contributed by atoms with Gasteiger partial charge in [0, 0.05) is 11.8 Å². The van der Waals surface area contributed by atoms with Crippen molar-refractivity contribution in [3.05, 3.63) is 71.8 Å². The zero-order chi connectivity index (χ0) is 14.9. The van der Waals surface area contributed by atoms with Gasteiger partial charge in [0.05, 0.1) is 0 Å². The highest BCUT2D eigenvalue weighted by Crippen LogP contribution is 2.15. The van der Waals surface area contributed by atoms with Crippen LogP contribution in [0.15, 0.2) is 60.7 Å². The summed E-state index contributed by atoms with van der Waals surface area (Å²) in [4.78, 5) is 0. The van der Waals surface area contributed by atoms with E-state index >= 15 is 0 Å². The van der Waals surface area contributed by atoms with Gasteiger partial charge in [-0.1, -0.05) is 84.6 Å². The topological polar surface area (TPSA) is 12.0 Å². The SMILES string of the molecule is CC(NC(=S)SCCCc1ccccc1)c1ccccc1. The lowest BCUT2D eigenvalue weighted by Gasteiger charge is -2.15. The maximum atomic E-state index is 5.41. The summed E-state index contributed by atoms with van der Waals surface area (Å²) in [6, 6.07) is 21.3. The second-order valence-corrected chi connectivity index (χ2v) is 6.77. The van der Waals surface area contributed by atoms with E-state index < -0.39 is 0 Å². The van der Waals surface area contributed by atoms with Gasteiger partial charge in [-0.3, -0.25) is 0 Å². The van der Waals surface area contributed by atoms with E-state index in [1.807, 2.05) is 6.07 Å². The lowest BCUT2D eigenvalue weighted by atomic mass is 10.1. The molecule has 2 aromatic rings. The van der Waals surface area contributed by atoms with Crippen LogP contribution in [-0.2, 0) is 6.42 Å². The zero-order valence-corrected chi connectivity index (χ0v) is 13.9. The van der Waals surface area contributed by atoms with Crippen LogP contribution in [0.25, 0.3) is 0 Å². The van der Waals surface area contributed by atoms with Crippen LogP contribution < -0.4 is 5.32 Å². The fourth-order valence-corrected chi connectivity index (χ4v) is 3.29. The number of rotatable bonds is 6. The lowest BCUT2D eigenvalue weighted by Crippen LogP contribution is -2.22. The fraction of sp³-hybridized carbons (Fsp3) is 0.278. The van der Waals surface area contributed by atoms with Crippen LogP contribution >= 0.6 is 24.0 Å². The summed E-state index contributed by atoms with van der Waals surface area (Å²) < 4.78 is 0.888. The van der Waals surface area contributed by atoms with Gasteiger partial charge < -0.3 is 5.32 Å². The van der Waals surface area contributed by atoms with Gasteiger partial charge in [0.1, 0.15) is 4.32 Å². The lowest BCUT2D eigenvalue weighted by molar-refractivity contribution is 0.730. The van der Waals surface area contributed by atoms with Crippen LogP contribution in [0, 0.1) is 0 Å². The van der Waals surface area contributed by atoms with Gasteiger partial charge in [0.25, 0.3) is 0 Å². The van der Waals surface area contributed by atoms with Gasteiger partial charge in [-0.2, -0.15) is 0 Å². The minimum absolute atomic E-state index is 0.264. The Kier molecular flexibility index (Phi) is 6.77. The second-order valence-electron chi connectivity index (χ2n) is 5.00. The van der Waals surface area contributed by atoms with Gasteiger partial charge in [-0.15, -0.1) is 0 Å². The predicted molar refractivity (Wildman–Crippen MR) is 97.8 cm³/mol. The highest BCUT2D eigenvalue weighted by Gasteiger charge is 2.06. The Morgan fingerprint density at radius 1 is 1.05 bits per heavy atom. The summed E-state index contributed by atoms with van der Waals surface area (Å²) in [5, 5.41) is 3.39. The van der Waals surface area contributed by atoms with Gasteiger partial charge in [-0.05, 0) is 30.9 Å². The first-order chi connectivity index (χ1) is 10.3. The molecule has 0 aliphatic rings. The van der Waals surface area contributed by atoms with Gasteiger partial charge in [0.2, 0.25) is 0 Å². The third kappa shape index (κ3) is 5.90. The molecule has 21 heavy (non-hydrogen) atoms. The van der Waals surface area contributed by atoms with Crippen LogP contribution in [0.1, 0.15) is 30.5 Å². The number of hydrogen-bond acceptors (Lipinski definition) is 2. The van der Waals surface area contributed by atoms with E-state index in [-0.39, 0.29) is 6.04 Å². The summed E-state index contributed by atoms with van der Waals surface area (Å²) in [5.74, 6) is 1.06. The van der Waals surface area contributed by atoms with Crippen molar-refractivity contribution in [2.75, 3.05) is 5.75 Å². The van der Waals surface area contributed by atoms with Crippen molar-refractivity contribution in [1.82, 2.24) is 5.32 Å². The standard InChI is InChI=1S/C18H21NS2/c1-15(17-12-6-3-7-13-17)19-18(20)21-14-8-11-16-9-4-2-5-10-16/h2-7,9-10,12-13,15H,8,11,14H2,1H3,(H,19,20). The molecule has 1 N–H and O–H groups in total. The molecule has 2 rings (SSSR count). The third-order valence-electron chi connectivity index (χ3n) is 3.32. The van der Waals surface area contributed by atoms with E-state index in [0.717, 1.165) is 22.9 Å². The third-order valence-corrected chi connectivity index (χ3v) is 4.66. The molecule has 1 unspecified atom stereocenters. The molecule has 2 aromatic carbocycles. The van der Waals surface area contributed by atoms with Crippen molar-refractivity contribution in [2.45, 2.75) is 25.8 Å². The minimum atomic E-state index is 0.264. The maximum absolute atomic E-state index is 5.41. The largest absolute Gasteiger partial charge is 0.364 e. The normalized spacial score (nSPS) is 11.9. The fourth-order valence-electron chi connectivity index (χ4n) is 2.13. The summed E-state index contributed by atoms with van der Waals surface area (Å²) in [5.41, 5.74) is 2.67. The van der Waals surface area contributed by atoms with E-state index in [1.54, 1.807) is 11.8 Å². The number of thiocarbonyl (C=S) groups is 1. The molecule has 1 atom stereocenters. The number of thioether (sulfide) groups is 1. The van der Waals surface area contributed by atoms with Gasteiger partial charge >= 0.3 is 0 Å². The van der Waals surface area contributed by atoms with Gasteiger partial charge in [0.15, 0.2) is 0 Å². The van der Waals surface area contributed by atoms with E-state index in [2.05, 4.69) is 66.8 Å². The van der Waals surface area contributed by atoms with Crippen LogP contribution in [0.4, 0.5) is 0 Å². The number of benzene rings is 2. The van der Waals surface area contributed by atoms with Crippen LogP contribution in [0.3, 0.4) is 0 Å². The Morgan fingerprint density at radius 2 is 1.67 bits per heavy atom. The van der Waals surface area contributed by atoms with Gasteiger partial charge in [-0.25, -0.2) is 0 Å². The van der Waals surface area contributed by atoms with Crippen molar-refractivity contribution in [2.24, 2.45) is 0 Å². The molecular formula is C18H21NS2. The molecular weight excluding hydrogens is 294 g/mol. The molecule has 0 amide bonds. The average molecular weight is 316 g/mol. The second kappa shape index (κ2) is 8.85. The molecule has 0 bridgehead atoms. The predicted octanol–water partition coefficient (Wildman–Crippen LogP) is 4.99. The van der Waals surface area contributed by atoms with E-state index in [9.17, 15) is 0 Å². The summed E-state index contributed by atoms with van der Waals surface area (Å²) in [7, 11) is 0. The molecule has 0 saturated carbocycles. The van der Waals surface area contributed by atoms with E-state index in [4.69, 9.17) is 12.2 Å².